The van der Waals surface area contributed by atoms with Gasteiger partial charge in [-0.25, -0.2) is 29.7 Å². The van der Waals surface area contributed by atoms with Crippen LogP contribution in [0.25, 0.3) is 130 Å². The predicted molar refractivity (Wildman–Crippen MR) is 447 cm³/mol. The zero-order valence-corrected chi connectivity index (χ0v) is 65.1. The highest BCUT2D eigenvalue weighted by atomic mass is 16.5. The highest BCUT2D eigenvalue weighted by molar-refractivity contribution is 6.10. The van der Waals surface area contributed by atoms with Crippen molar-refractivity contribution < 1.29 is 52.2 Å². The summed E-state index contributed by atoms with van der Waals surface area (Å²) >= 11 is 0. The Kier molecular flexibility index (Phi) is 20.2. The normalized spacial score (nSPS) is 14.7. The number of ether oxygens (including phenoxy) is 1. The minimum Gasteiger partial charge on any atom is -0.505 e. The first-order chi connectivity index (χ1) is 57.3. The van der Waals surface area contributed by atoms with E-state index in [-0.39, 0.29) is 41.3 Å². The van der Waals surface area contributed by atoms with E-state index in [0.717, 1.165) is 145 Å². The standard InChI is InChI=1S/C21H23N5O2.C18H15N3O3.C17H16N4O.C16H14N4O2.C16H13N3O3/c1-14(25-12-10-24(2)11-13-25)17-6-7-18(28-17)20-23-16-5-3-4-15-19(16)26(20)9-8-22-21(15)27;1-24-18(23)12-7-5-11(6-8-12)16-20-14-4-2-3-13-15(14)21(16)10-9-19-17(13)22;1-3-11-7-8-14(20(11)2)16-19-13-6-4-5-12-15(13)21(16)10-9-18-17(12)22;1-19-8-10(9-21)7-13(19)15-18-12-4-2-3-11-14(12)20(15)6-5-17-16(11)22;1-9(20)12-5-6-13(22-12)15-18-11-4-2-3-10-14(11)19(15)8-7-17-16(10)21/h3-7H,1,8-13H2,2H3,(H,22,27);2-8H,9-10H2,1H3,(H,19,22);3-8H,1,9-10H2,2H3,(H,18,22);2-4,7-9H,5-6H2,1H3,(H,17,22);2-6,20H,1,7-8H2,(H,17,21). The molecule has 6 aliphatic rings. The largest absolute Gasteiger partial charge is 0.505 e. The van der Waals surface area contributed by atoms with Gasteiger partial charge in [0.25, 0.3) is 29.5 Å². The van der Waals surface area contributed by atoms with Crippen LogP contribution in [0.4, 0.5) is 0 Å². The Hall–Kier alpha value is -14.9. The number of aromatic nitrogens is 12. The number of rotatable bonds is 11. The van der Waals surface area contributed by atoms with Crippen molar-refractivity contribution in [3.8, 4) is 57.6 Å². The molecule has 21 rings (SSSR count). The topological polar surface area (TPSA) is 341 Å². The molecule has 30 nitrogen and oxygen atoms in total. The average Bonchev–Trinajstić information content (AvgIpc) is 1.60. The molecule has 0 radical (unpaired) electrons. The molecule has 0 bridgehead atoms. The average molecular weight is 1580 g/mol. The lowest BCUT2D eigenvalue weighted by Crippen LogP contribution is -2.43. The van der Waals surface area contributed by atoms with E-state index in [4.69, 9.17) is 28.5 Å². The number of likely N-dealkylation sites (N-methyl/N-ethyl adjacent to an activating group) is 1. The highest BCUT2D eigenvalue weighted by Gasteiger charge is 2.30. The fourth-order valence-electron chi connectivity index (χ4n) is 16.0. The molecule has 0 unspecified atom stereocenters. The van der Waals surface area contributed by atoms with Gasteiger partial charge < -0.3 is 87.0 Å². The third-order valence-corrected chi connectivity index (χ3v) is 21.8. The fourth-order valence-corrected chi connectivity index (χ4v) is 16.0. The lowest BCUT2D eigenvalue weighted by molar-refractivity contribution is 0.0599. The summed E-state index contributed by atoms with van der Waals surface area (Å²) < 4.78 is 30.7. The van der Waals surface area contributed by atoms with Crippen molar-refractivity contribution in [3.05, 3.63) is 240 Å². The quantitative estimate of drug-likeness (QED) is 0.0398. The summed E-state index contributed by atoms with van der Waals surface area (Å²) in [5.74, 6) is 5.28. The van der Waals surface area contributed by atoms with E-state index in [2.05, 4.69) is 91.4 Å². The Bertz CT molecular complexity index is 6510. The number of aryl methyl sites for hydroxylation is 1. The minimum absolute atomic E-state index is 0.0329. The molecule has 0 saturated carbocycles. The van der Waals surface area contributed by atoms with Crippen molar-refractivity contribution in [2.75, 3.05) is 73.1 Å². The molecule has 0 spiro atoms. The van der Waals surface area contributed by atoms with Gasteiger partial charge in [0.05, 0.1) is 113 Å². The third-order valence-electron chi connectivity index (χ3n) is 21.8. The molecule has 594 valence electrons. The SMILES string of the molecule is C=C(O)c1ccc(-c2nc3cccc4c3n2CCNC4=O)o1.C=C(c1ccc(-c2nc3cccc4c3n2CCNC4=O)o1)N1CCN(C)CC1.C=Cc1ccc(-c2nc3cccc4c3n2CCNC4=O)n1C.COC(=O)c1ccc(-c2nc3cccc4c3n2CCNC4=O)cc1.Cn1cc(C=O)cc1-c1nc2cccc3c2n1CCNC3=O. The van der Waals surface area contributed by atoms with Crippen LogP contribution in [0.15, 0.2) is 192 Å². The van der Waals surface area contributed by atoms with Crippen molar-refractivity contribution in [1.29, 1.82) is 0 Å². The molecule has 15 aromatic rings. The van der Waals surface area contributed by atoms with E-state index in [1.807, 2.05) is 161 Å². The number of aldehydes is 1. The van der Waals surface area contributed by atoms with E-state index >= 15 is 0 Å². The van der Waals surface area contributed by atoms with Crippen LogP contribution in [0, 0.1) is 0 Å². The van der Waals surface area contributed by atoms with E-state index in [9.17, 15) is 38.7 Å². The number of methoxy groups -OCH3 is 1. The number of aliphatic hydroxyl groups excluding tert-OH is 1. The number of hydrogen-bond acceptors (Lipinski definition) is 18. The number of hydrogen-bond donors (Lipinski definition) is 6. The number of furan rings is 2. The van der Waals surface area contributed by atoms with Gasteiger partial charge in [-0.1, -0.05) is 62.2 Å². The second kappa shape index (κ2) is 31.4. The molecule has 118 heavy (non-hydrogen) atoms. The van der Waals surface area contributed by atoms with Crippen molar-refractivity contribution >= 4 is 114 Å². The Morgan fingerprint density at radius 3 is 1.22 bits per heavy atom. The van der Waals surface area contributed by atoms with Gasteiger partial charge in [-0.2, -0.15) is 0 Å². The van der Waals surface area contributed by atoms with Gasteiger partial charge in [-0.15, -0.1) is 0 Å². The zero-order valence-electron chi connectivity index (χ0n) is 65.1. The second-order valence-electron chi connectivity index (χ2n) is 29.0. The van der Waals surface area contributed by atoms with Crippen LogP contribution in [0.5, 0.6) is 0 Å². The van der Waals surface area contributed by atoms with Gasteiger partial charge in [0, 0.05) is 129 Å². The van der Waals surface area contributed by atoms with E-state index < -0.39 is 0 Å². The third kappa shape index (κ3) is 13.9. The molecule has 6 N–H and O–H groups in total. The number of carbonyl (C=O) groups is 7. The molecule has 0 aliphatic carbocycles. The monoisotopic (exact) mass is 1580 g/mol. The number of benzene rings is 6. The van der Waals surface area contributed by atoms with Gasteiger partial charge in [0.2, 0.25) is 0 Å². The van der Waals surface area contributed by atoms with Gasteiger partial charge in [0.15, 0.2) is 52.6 Å². The molecule has 1 saturated heterocycles. The number of amides is 5. The van der Waals surface area contributed by atoms with Gasteiger partial charge in [-0.3, -0.25) is 28.8 Å². The van der Waals surface area contributed by atoms with Crippen molar-refractivity contribution in [2.45, 2.75) is 32.7 Å². The molecule has 6 aromatic carbocycles. The number of para-hydroxylation sites is 5. The van der Waals surface area contributed by atoms with Crippen LogP contribution in [-0.4, -0.2) is 187 Å². The molecule has 1 fully saturated rings. The Balaban J connectivity index is 0.000000106. The lowest BCUT2D eigenvalue weighted by Gasteiger charge is -2.34. The Labute approximate surface area is 674 Å². The van der Waals surface area contributed by atoms with Crippen LogP contribution in [0.2, 0.25) is 0 Å². The first-order valence-corrected chi connectivity index (χ1v) is 38.5. The van der Waals surface area contributed by atoms with Crippen LogP contribution in [0.1, 0.15) is 89.7 Å². The number of aliphatic hydroxyl groups is 1. The van der Waals surface area contributed by atoms with Crippen LogP contribution >= 0.6 is 0 Å². The first-order valence-electron chi connectivity index (χ1n) is 38.5. The fraction of sp³-hybridized carbons (Fsp3) is 0.205. The number of piperazine rings is 1. The van der Waals surface area contributed by atoms with Gasteiger partial charge in [-0.05, 0) is 128 Å². The molecular formula is C88H81N19O11. The number of nitrogens with zero attached hydrogens (tertiary/aromatic N) is 14. The van der Waals surface area contributed by atoms with E-state index in [0.29, 0.717) is 127 Å². The van der Waals surface area contributed by atoms with Crippen LogP contribution in [0.3, 0.4) is 0 Å². The zero-order chi connectivity index (χ0) is 81.7. The number of carbonyl (C=O) groups excluding carboxylic acids is 7. The van der Waals surface area contributed by atoms with Crippen molar-refractivity contribution in [1.82, 2.24) is 93.3 Å². The summed E-state index contributed by atoms with van der Waals surface area (Å²) in [7, 11) is 7.38. The minimum atomic E-state index is -0.370. The maximum atomic E-state index is 12.3. The summed E-state index contributed by atoms with van der Waals surface area (Å²) in [4.78, 5) is 112. The molecule has 0 atom stereocenters. The predicted octanol–water partition coefficient (Wildman–Crippen LogP) is 11.1. The molecule has 5 amide bonds. The van der Waals surface area contributed by atoms with Crippen molar-refractivity contribution in [3.63, 3.8) is 0 Å². The molecule has 6 aliphatic heterocycles. The Morgan fingerprint density at radius 2 is 0.839 bits per heavy atom. The summed E-state index contributed by atoms with van der Waals surface area (Å²) in [6.45, 7) is 21.5. The lowest BCUT2D eigenvalue weighted by atomic mass is 10.1. The smallest absolute Gasteiger partial charge is 0.337 e. The first kappa shape index (κ1) is 75.7. The van der Waals surface area contributed by atoms with E-state index in [1.165, 1.54) is 7.11 Å². The van der Waals surface area contributed by atoms with E-state index in [1.54, 1.807) is 36.5 Å². The van der Waals surface area contributed by atoms with Crippen molar-refractivity contribution in [2.24, 2.45) is 14.1 Å². The maximum Gasteiger partial charge on any atom is 0.337 e. The number of imidazole rings is 5. The summed E-state index contributed by atoms with van der Waals surface area (Å²) in [5.41, 5.74) is 17.3. The Morgan fingerprint density at radius 1 is 0.458 bits per heavy atom. The summed E-state index contributed by atoms with van der Waals surface area (Å²) in [6, 6.07) is 48.2. The number of esters is 1. The summed E-state index contributed by atoms with van der Waals surface area (Å²) in [5, 5.41) is 24.0. The maximum absolute atomic E-state index is 12.3. The molecule has 15 heterocycles. The molecular weight excluding hydrogens is 1500 g/mol. The van der Waals surface area contributed by atoms with Gasteiger partial charge in [0.1, 0.15) is 11.6 Å². The number of nitrogens with one attached hydrogen (secondary N) is 5. The highest BCUT2D eigenvalue weighted by Crippen LogP contribution is 2.37. The molecule has 9 aromatic heterocycles. The van der Waals surface area contributed by atoms with Crippen LogP contribution < -0.4 is 26.6 Å². The summed E-state index contributed by atoms with van der Waals surface area (Å²) in [6.07, 6.45) is 4.42. The second-order valence-corrected chi connectivity index (χ2v) is 29.0. The molecule has 30 heteroatoms. The van der Waals surface area contributed by atoms with Crippen LogP contribution in [-0.2, 0) is 51.6 Å². The van der Waals surface area contributed by atoms with Gasteiger partial charge >= 0.3 is 5.97 Å².